The van der Waals surface area contributed by atoms with Gasteiger partial charge in [-0.05, 0) is 93.2 Å². The Labute approximate surface area is 358 Å². The van der Waals surface area contributed by atoms with Crippen molar-refractivity contribution in [2.24, 2.45) is 10.8 Å². The molecule has 296 valence electrons. The minimum Gasteiger partial charge on any atom is -0.509 e. The fourth-order valence-corrected chi connectivity index (χ4v) is 8.17. The summed E-state index contributed by atoms with van der Waals surface area (Å²) < 4.78 is 8.82. The molecule has 0 amide bonds. The molecule has 4 aromatic carbocycles. The predicted octanol–water partition coefficient (Wildman–Crippen LogP) is 12.6. The van der Waals surface area contributed by atoms with E-state index < -0.39 is 0 Å². The summed E-state index contributed by atoms with van der Waals surface area (Å²) in [7, 11) is 0. The number of pyridine rings is 1. The van der Waals surface area contributed by atoms with Crippen LogP contribution in [0, 0.1) is 29.6 Å². The van der Waals surface area contributed by atoms with Gasteiger partial charge in [-0.2, -0.15) is 12.1 Å². The van der Waals surface area contributed by atoms with Crippen LogP contribution in [0.2, 0.25) is 0 Å². The first-order valence-corrected chi connectivity index (χ1v) is 19.9. The summed E-state index contributed by atoms with van der Waals surface area (Å²) in [5.41, 5.74) is 10.1. The number of anilines is 3. The molecule has 3 aliphatic rings. The van der Waals surface area contributed by atoms with E-state index in [2.05, 4.69) is 204 Å². The third-order valence-corrected chi connectivity index (χ3v) is 11.2. The zero-order chi connectivity index (χ0) is 39.9. The summed E-state index contributed by atoms with van der Waals surface area (Å²) >= 11 is 0. The maximum Gasteiger partial charge on any atom is 0.334 e. The van der Waals surface area contributed by atoms with E-state index in [1.165, 1.54) is 22.3 Å². The van der Waals surface area contributed by atoms with E-state index in [1.54, 1.807) is 0 Å². The first kappa shape index (κ1) is 39.6. The van der Waals surface area contributed by atoms with Gasteiger partial charge in [-0.25, -0.2) is 4.98 Å². The van der Waals surface area contributed by atoms with Crippen LogP contribution in [0.3, 0.4) is 0 Å². The van der Waals surface area contributed by atoms with Crippen molar-refractivity contribution in [2.45, 2.75) is 67.7 Å². The van der Waals surface area contributed by atoms with Gasteiger partial charge >= 0.3 is 6.85 Å². The number of hydrogen-bond acceptors (Lipinski definition) is 5. The molecule has 0 N–H and O–H groups in total. The SMILES string of the molecule is CC(C)(C)C1=CB2C(N3[CH-]N(c4[c-]c(Oc5[c-]c6c(cc5)c5ccccc5n6-c5cc(C(C)(C)C)ccn5)ccc4)c4ccccc43)=C(C(C)(C)C)C=CN2C=C1.[Pt]. The van der Waals surface area contributed by atoms with E-state index >= 15 is 0 Å². The van der Waals surface area contributed by atoms with Gasteiger partial charge in [0.05, 0.1) is 0 Å². The van der Waals surface area contributed by atoms with E-state index in [9.17, 15) is 0 Å². The number of benzene rings is 4. The molecular formula is C50H49BN5OPt-3. The van der Waals surface area contributed by atoms with Gasteiger partial charge in [-0.15, -0.1) is 48.1 Å². The minimum atomic E-state index is -0.0837. The zero-order valence-electron chi connectivity index (χ0n) is 34.7. The van der Waals surface area contributed by atoms with Crippen molar-refractivity contribution in [3.05, 3.63) is 169 Å². The van der Waals surface area contributed by atoms with Crippen molar-refractivity contribution < 1.29 is 25.8 Å². The molecule has 0 aliphatic carbocycles. The summed E-state index contributed by atoms with van der Waals surface area (Å²) in [5.74, 6) is 4.52. The molecule has 0 bridgehead atoms. The van der Waals surface area contributed by atoms with Crippen LogP contribution in [0.15, 0.2) is 144 Å². The fraction of sp³-hybridized carbons (Fsp3) is 0.240. The summed E-state index contributed by atoms with van der Waals surface area (Å²) in [4.78, 5) is 11.8. The molecule has 9 rings (SSSR count). The molecule has 2 aromatic heterocycles. The number of ether oxygens (including phenoxy) is 1. The smallest absolute Gasteiger partial charge is 0.334 e. The number of nitrogens with zero attached hydrogens (tertiary/aromatic N) is 5. The second-order valence-corrected chi connectivity index (χ2v) is 18.4. The topological polar surface area (TPSA) is 36.8 Å². The second-order valence-electron chi connectivity index (χ2n) is 18.4. The van der Waals surface area contributed by atoms with Crippen LogP contribution in [0.1, 0.15) is 67.9 Å². The Bertz CT molecular complexity index is 2690. The monoisotopic (exact) mass is 941 g/mol. The van der Waals surface area contributed by atoms with Gasteiger partial charge in [0.2, 0.25) is 0 Å². The first-order valence-electron chi connectivity index (χ1n) is 19.9. The Balaban J connectivity index is 0.00000469. The fourth-order valence-electron chi connectivity index (χ4n) is 8.17. The standard InChI is InChI=1S/C50H49BN5O.Pt/c1-48(2,3)34-23-26-52-46(29-34)56-42-18-11-10-17-39(42)40-22-21-38(31-45(40)56)57-37-16-14-15-36(30-37)54-33-55(44-20-13-12-19-43(44)54)47-41(50(7,8)9)25-28-53-27-24-35(32-51(47)53)49(4,5)6;/h10-29,32-33H,1-9H3;/q-3;. The van der Waals surface area contributed by atoms with E-state index in [4.69, 9.17) is 9.72 Å². The third-order valence-electron chi connectivity index (χ3n) is 11.2. The van der Waals surface area contributed by atoms with Crippen molar-refractivity contribution in [3.63, 3.8) is 0 Å². The molecule has 58 heavy (non-hydrogen) atoms. The minimum absolute atomic E-state index is 0. The average Bonchev–Trinajstić information content (AvgIpc) is 3.72. The summed E-state index contributed by atoms with van der Waals surface area (Å²) in [6, 6.07) is 38.8. The largest absolute Gasteiger partial charge is 0.509 e. The van der Waals surface area contributed by atoms with Crippen LogP contribution >= 0.6 is 0 Å². The van der Waals surface area contributed by atoms with Crippen LogP contribution < -0.4 is 14.5 Å². The van der Waals surface area contributed by atoms with Gasteiger partial charge in [0.15, 0.2) is 0 Å². The van der Waals surface area contributed by atoms with Crippen LogP contribution in [0.5, 0.6) is 11.5 Å². The summed E-state index contributed by atoms with van der Waals surface area (Å²) in [6.45, 7) is 22.7. The maximum absolute atomic E-state index is 6.62. The molecule has 6 aromatic rings. The van der Waals surface area contributed by atoms with E-state index in [0.29, 0.717) is 11.5 Å². The van der Waals surface area contributed by atoms with Gasteiger partial charge in [-0.1, -0.05) is 110 Å². The number of aromatic nitrogens is 2. The van der Waals surface area contributed by atoms with E-state index in [-0.39, 0.29) is 44.2 Å². The number of rotatable bonds is 5. The maximum atomic E-state index is 6.62. The van der Waals surface area contributed by atoms with Gasteiger partial charge < -0.3 is 23.9 Å². The Morgan fingerprint density at radius 1 is 0.672 bits per heavy atom. The molecule has 3 aliphatic heterocycles. The molecule has 8 heteroatoms. The molecule has 0 atom stereocenters. The van der Waals surface area contributed by atoms with Crippen LogP contribution in [0.25, 0.3) is 27.6 Å². The van der Waals surface area contributed by atoms with Crippen LogP contribution in [0.4, 0.5) is 17.1 Å². The van der Waals surface area contributed by atoms with E-state index in [1.807, 2.05) is 24.4 Å². The molecule has 0 saturated heterocycles. The van der Waals surface area contributed by atoms with Crippen molar-refractivity contribution >= 4 is 45.7 Å². The third kappa shape index (κ3) is 7.02. The second kappa shape index (κ2) is 14.5. The van der Waals surface area contributed by atoms with Crippen molar-refractivity contribution in [1.82, 2.24) is 14.4 Å². The van der Waals surface area contributed by atoms with Crippen molar-refractivity contribution in [3.8, 4) is 17.3 Å². The quantitative estimate of drug-likeness (QED) is 0.127. The van der Waals surface area contributed by atoms with E-state index in [0.717, 1.165) is 44.7 Å². The normalized spacial score (nSPS) is 15.6. The molecule has 0 fully saturated rings. The average molecular weight is 942 g/mol. The number of para-hydroxylation sites is 3. The predicted molar refractivity (Wildman–Crippen MR) is 237 cm³/mol. The molecule has 0 spiro atoms. The van der Waals surface area contributed by atoms with Crippen molar-refractivity contribution in [1.29, 1.82) is 0 Å². The summed E-state index contributed by atoms with van der Waals surface area (Å²) in [6.07, 6.45) is 10.9. The number of allylic oxidation sites excluding steroid dienone is 4. The number of fused-ring (bicyclic) bond motifs is 5. The first-order chi connectivity index (χ1) is 27.1. The van der Waals surface area contributed by atoms with Gasteiger partial charge in [0.1, 0.15) is 5.82 Å². The molecule has 0 unspecified atom stereocenters. The van der Waals surface area contributed by atoms with Gasteiger partial charge in [-0.3, -0.25) is 0 Å². The summed E-state index contributed by atoms with van der Waals surface area (Å²) in [5, 5.41) is 2.25. The Hall–Kier alpha value is -5.26. The van der Waals surface area contributed by atoms with Gasteiger partial charge in [0.25, 0.3) is 0 Å². The Kier molecular flexibility index (Phi) is 9.91. The molecule has 0 saturated carbocycles. The molecule has 0 radical (unpaired) electrons. The number of hydrogen-bond donors (Lipinski definition) is 0. The zero-order valence-corrected chi connectivity index (χ0v) is 37.0. The van der Waals surface area contributed by atoms with Crippen molar-refractivity contribution in [2.75, 3.05) is 9.80 Å². The van der Waals surface area contributed by atoms with Crippen LogP contribution in [-0.4, -0.2) is 21.2 Å². The Morgan fingerprint density at radius 3 is 2.12 bits per heavy atom. The Morgan fingerprint density at radius 2 is 1.38 bits per heavy atom. The molecule has 5 heterocycles. The molecular weight excluding hydrogens is 892 g/mol. The molecule has 6 nitrogen and oxygen atoms in total. The van der Waals surface area contributed by atoms with Crippen LogP contribution in [-0.2, 0) is 26.5 Å². The van der Waals surface area contributed by atoms with Gasteiger partial charge in [0, 0.05) is 55.7 Å².